The summed E-state index contributed by atoms with van der Waals surface area (Å²) in [6, 6.07) is 4.89. The van der Waals surface area contributed by atoms with E-state index in [4.69, 9.17) is 28.3 Å². The van der Waals surface area contributed by atoms with E-state index in [0.717, 1.165) is 5.56 Å². The van der Waals surface area contributed by atoms with E-state index in [-0.39, 0.29) is 11.7 Å². The Morgan fingerprint density at radius 2 is 2.17 bits per heavy atom. The number of rotatable bonds is 3. The molecule has 1 aromatic carbocycles. The van der Waals surface area contributed by atoms with Crippen molar-refractivity contribution in [2.45, 2.75) is 13.0 Å². The van der Waals surface area contributed by atoms with Crippen LogP contribution < -0.4 is 0 Å². The molecule has 0 bridgehead atoms. The lowest BCUT2D eigenvalue weighted by atomic mass is 10.1. The zero-order valence-electron chi connectivity index (χ0n) is 9.34. The molecular formula is C11H9Cl2N3O2. The minimum Gasteiger partial charge on any atom is -0.476 e. The van der Waals surface area contributed by atoms with Gasteiger partial charge in [0.1, 0.15) is 0 Å². The fraction of sp³-hybridized carbons (Fsp3) is 0.182. The predicted octanol–water partition coefficient (Wildman–Crippen LogP) is 2.89. The standard InChI is InChI=1S/C11H9Cl2N3O2/c1-6(8-3-2-7(12)4-9(8)13)16-5-10(11(17)18)14-15-16/h2-6H,1H3,(H,17,18)/t6-/m1/s1. The Morgan fingerprint density at radius 3 is 2.72 bits per heavy atom. The first-order valence-electron chi connectivity index (χ1n) is 5.09. The highest BCUT2D eigenvalue weighted by molar-refractivity contribution is 6.35. The van der Waals surface area contributed by atoms with Crippen LogP contribution in [-0.4, -0.2) is 26.1 Å². The fourth-order valence-corrected chi connectivity index (χ4v) is 2.11. The number of hydrogen-bond acceptors (Lipinski definition) is 3. The van der Waals surface area contributed by atoms with E-state index in [0.29, 0.717) is 10.0 Å². The maximum absolute atomic E-state index is 10.7. The molecule has 1 atom stereocenters. The van der Waals surface area contributed by atoms with Gasteiger partial charge in [0.25, 0.3) is 0 Å². The number of aromatic nitrogens is 3. The minimum atomic E-state index is -1.12. The van der Waals surface area contributed by atoms with Gasteiger partial charge in [-0.05, 0) is 24.6 Å². The van der Waals surface area contributed by atoms with Gasteiger partial charge in [0, 0.05) is 10.0 Å². The summed E-state index contributed by atoms with van der Waals surface area (Å²) < 4.78 is 1.44. The number of carbonyl (C=O) groups is 1. The van der Waals surface area contributed by atoms with Crippen LogP contribution in [0.25, 0.3) is 0 Å². The van der Waals surface area contributed by atoms with Crippen molar-refractivity contribution in [3.8, 4) is 0 Å². The quantitative estimate of drug-likeness (QED) is 0.942. The van der Waals surface area contributed by atoms with Crippen molar-refractivity contribution in [1.29, 1.82) is 0 Å². The van der Waals surface area contributed by atoms with E-state index in [2.05, 4.69) is 10.3 Å². The third-order valence-electron chi connectivity index (χ3n) is 2.54. The Bertz CT molecular complexity index is 598. The molecule has 0 unspecified atom stereocenters. The molecule has 7 heteroatoms. The van der Waals surface area contributed by atoms with Crippen molar-refractivity contribution < 1.29 is 9.90 Å². The number of carboxylic acids is 1. The Hall–Kier alpha value is -1.59. The van der Waals surface area contributed by atoms with Crippen LogP contribution in [0.1, 0.15) is 29.0 Å². The van der Waals surface area contributed by atoms with Crippen LogP contribution in [0.15, 0.2) is 24.4 Å². The third kappa shape index (κ3) is 2.47. The van der Waals surface area contributed by atoms with Crippen LogP contribution in [0.3, 0.4) is 0 Å². The second-order valence-electron chi connectivity index (χ2n) is 3.73. The van der Waals surface area contributed by atoms with Crippen molar-refractivity contribution in [3.63, 3.8) is 0 Å². The molecule has 94 valence electrons. The zero-order chi connectivity index (χ0) is 13.3. The second-order valence-corrected chi connectivity index (χ2v) is 4.57. The van der Waals surface area contributed by atoms with E-state index >= 15 is 0 Å². The van der Waals surface area contributed by atoms with Gasteiger partial charge >= 0.3 is 5.97 Å². The van der Waals surface area contributed by atoms with Crippen molar-refractivity contribution in [3.05, 3.63) is 45.7 Å². The summed E-state index contributed by atoms with van der Waals surface area (Å²) in [6.07, 6.45) is 1.36. The lowest BCUT2D eigenvalue weighted by molar-refractivity contribution is 0.0690. The lowest BCUT2D eigenvalue weighted by Crippen LogP contribution is -2.08. The molecule has 2 aromatic rings. The maximum Gasteiger partial charge on any atom is 0.358 e. The highest BCUT2D eigenvalue weighted by Crippen LogP contribution is 2.27. The summed E-state index contributed by atoms with van der Waals surface area (Å²) >= 11 is 11.9. The first kappa shape index (κ1) is 12.9. The molecule has 2 rings (SSSR count). The van der Waals surface area contributed by atoms with Crippen LogP contribution in [0, 0.1) is 0 Å². The molecule has 5 nitrogen and oxygen atoms in total. The van der Waals surface area contributed by atoms with Gasteiger partial charge < -0.3 is 5.11 Å². The monoisotopic (exact) mass is 285 g/mol. The molecule has 0 saturated carbocycles. The van der Waals surface area contributed by atoms with Gasteiger partial charge in [-0.15, -0.1) is 5.10 Å². The highest BCUT2D eigenvalue weighted by atomic mass is 35.5. The summed E-state index contributed by atoms with van der Waals surface area (Å²) in [5.74, 6) is -1.12. The van der Waals surface area contributed by atoms with Gasteiger partial charge in [-0.1, -0.05) is 34.5 Å². The van der Waals surface area contributed by atoms with Crippen LogP contribution >= 0.6 is 23.2 Å². The Kier molecular flexibility index (Phi) is 3.54. The molecule has 0 spiro atoms. The van der Waals surface area contributed by atoms with Crippen LogP contribution in [0.2, 0.25) is 10.0 Å². The van der Waals surface area contributed by atoms with E-state index in [9.17, 15) is 4.79 Å². The average Bonchev–Trinajstić information content (AvgIpc) is 2.77. The normalized spacial score (nSPS) is 12.4. The van der Waals surface area contributed by atoms with Crippen molar-refractivity contribution in [1.82, 2.24) is 15.0 Å². The largest absolute Gasteiger partial charge is 0.476 e. The third-order valence-corrected chi connectivity index (χ3v) is 3.10. The van der Waals surface area contributed by atoms with E-state index in [1.165, 1.54) is 10.9 Å². The Morgan fingerprint density at radius 1 is 1.44 bits per heavy atom. The number of aromatic carboxylic acids is 1. The molecule has 0 aliphatic carbocycles. The van der Waals surface area contributed by atoms with Crippen LogP contribution in [-0.2, 0) is 0 Å². The van der Waals surface area contributed by atoms with Gasteiger partial charge in [0.15, 0.2) is 5.69 Å². The molecule has 0 saturated heterocycles. The molecule has 1 N–H and O–H groups in total. The Balaban J connectivity index is 2.35. The highest BCUT2D eigenvalue weighted by Gasteiger charge is 2.16. The number of halogens is 2. The molecule has 0 radical (unpaired) electrons. The molecule has 1 heterocycles. The number of carboxylic acid groups (broad SMARTS) is 1. The van der Waals surface area contributed by atoms with Crippen LogP contribution in [0.4, 0.5) is 0 Å². The summed E-state index contributed by atoms with van der Waals surface area (Å²) in [4.78, 5) is 10.7. The number of hydrogen-bond donors (Lipinski definition) is 1. The fourth-order valence-electron chi connectivity index (χ4n) is 1.55. The SMILES string of the molecule is C[C@H](c1ccc(Cl)cc1Cl)n1cc(C(=O)O)nn1. The second kappa shape index (κ2) is 4.96. The van der Waals surface area contributed by atoms with Gasteiger partial charge in [-0.2, -0.15) is 0 Å². The molecule has 18 heavy (non-hydrogen) atoms. The molecule has 1 aromatic heterocycles. The number of nitrogens with zero attached hydrogens (tertiary/aromatic N) is 3. The molecule has 0 aliphatic rings. The summed E-state index contributed by atoms with van der Waals surface area (Å²) in [7, 11) is 0. The summed E-state index contributed by atoms with van der Waals surface area (Å²) in [5.41, 5.74) is 0.690. The first-order valence-corrected chi connectivity index (χ1v) is 5.84. The van der Waals surface area contributed by atoms with Gasteiger partial charge in [-0.3, -0.25) is 0 Å². The summed E-state index contributed by atoms with van der Waals surface area (Å²) in [6.45, 7) is 1.84. The van der Waals surface area contributed by atoms with Gasteiger partial charge in [-0.25, -0.2) is 9.48 Å². The molecule has 0 amide bonds. The Labute approximate surface area is 113 Å². The average molecular weight is 286 g/mol. The lowest BCUT2D eigenvalue weighted by Gasteiger charge is -2.13. The number of benzene rings is 1. The van der Waals surface area contributed by atoms with E-state index in [1.807, 2.05) is 6.92 Å². The van der Waals surface area contributed by atoms with Crippen molar-refractivity contribution >= 4 is 29.2 Å². The minimum absolute atomic E-state index is 0.105. The van der Waals surface area contributed by atoms with Gasteiger partial charge in [0.2, 0.25) is 0 Å². The molecular weight excluding hydrogens is 277 g/mol. The molecule has 0 fully saturated rings. The van der Waals surface area contributed by atoms with Crippen molar-refractivity contribution in [2.75, 3.05) is 0 Å². The maximum atomic E-state index is 10.7. The summed E-state index contributed by atoms with van der Waals surface area (Å²) in [5, 5.41) is 17.2. The smallest absolute Gasteiger partial charge is 0.358 e. The topological polar surface area (TPSA) is 68.0 Å². The van der Waals surface area contributed by atoms with Crippen LogP contribution in [0.5, 0.6) is 0 Å². The van der Waals surface area contributed by atoms with E-state index in [1.54, 1.807) is 18.2 Å². The zero-order valence-corrected chi connectivity index (χ0v) is 10.9. The van der Waals surface area contributed by atoms with Crippen molar-refractivity contribution in [2.24, 2.45) is 0 Å². The van der Waals surface area contributed by atoms with E-state index < -0.39 is 5.97 Å². The molecule has 0 aliphatic heterocycles. The van der Waals surface area contributed by atoms with Gasteiger partial charge in [0.05, 0.1) is 12.2 Å². The first-order chi connectivity index (χ1) is 8.49. The predicted molar refractivity (Wildman–Crippen MR) is 67.3 cm³/mol.